The number of ether oxygens (including phenoxy) is 2. The van der Waals surface area contributed by atoms with E-state index in [1.807, 2.05) is 0 Å². The van der Waals surface area contributed by atoms with Gasteiger partial charge in [-0.05, 0) is 32.1 Å². The van der Waals surface area contributed by atoms with E-state index in [1.54, 1.807) is 0 Å². The van der Waals surface area contributed by atoms with E-state index in [4.69, 9.17) is 14.6 Å². The van der Waals surface area contributed by atoms with Gasteiger partial charge in [-0.15, -0.1) is 0 Å². The number of allylic oxidation sites excluding steroid dienone is 2. The first-order valence-corrected chi connectivity index (χ1v) is 10.6. The summed E-state index contributed by atoms with van der Waals surface area (Å²) in [6.45, 7) is 2.73. The molecule has 0 bridgehead atoms. The minimum absolute atomic E-state index is 0.218. The molecule has 0 saturated carbocycles. The molecule has 0 amide bonds. The number of aliphatic hydroxyl groups excluding tert-OH is 3. The van der Waals surface area contributed by atoms with Gasteiger partial charge in [0.25, 0.3) is 0 Å². The summed E-state index contributed by atoms with van der Waals surface area (Å²) in [7, 11) is 0. The van der Waals surface area contributed by atoms with Crippen LogP contribution in [0, 0.1) is 0 Å². The number of hydrogen-bond acceptors (Lipinski definition) is 5. The van der Waals surface area contributed by atoms with Gasteiger partial charge in [-0.25, -0.2) is 0 Å². The van der Waals surface area contributed by atoms with Crippen molar-refractivity contribution in [3.8, 4) is 0 Å². The van der Waals surface area contributed by atoms with Crippen LogP contribution >= 0.6 is 0 Å². The van der Waals surface area contributed by atoms with Crippen LogP contribution in [-0.2, 0) is 9.47 Å². The van der Waals surface area contributed by atoms with Gasteiger partial charge in [0.15, 0.2) is 0 Å². The van der Waals surface area contributed by atoms with Gasteiger partial charge >= 0.3 is 0 Å². The van der Waals surface area contributed by atoms with Gasteiger partial charge in [0.05, 0.1) is 13.2 Å². The van der Waals surface area contributed by atoms with E-state index < -0.39 is 24.4 Å². The van der Waals surface area contributed by atoms with Crippen LogP contribution in [0.25, 0.3) is 0 Å². The first kappa shape index (κ1) is 23.6. The predicted octanol–water partition coefficient (Wildman–Crippen LogP) is 3.35. The summed E-state index contributed by atoms with van der Waals surface area (Å²) in [6, 6.07) is 0. The highest BCUT2D eigenvalue weighted by molar-refractivity contribution is 4.87. The SMILES string of the molecule is CCCCC/C=C/CCCCCCCCO[C@H]1CO[C@H](CO)[C@@H](O)[C@@H]1O. The molecule has 0 unspecified atom stereocenters. The third-order valence-electron chi connectivity index (χ3n) is 5.00. The summed E-state index contributed by atoms with van der Waals surface area (Å²) in [5.74, 6) is 0. The molecule has 0 aromatic carbocycles. The zero-order chi connectivity index (χ0) is 19.0. The smallest absolute Gasteiger partial charge is 0.111 e. The van der Waals surface area contributed by atoms with E-state index in [9.17, 15) is 10.2 Å². The lowest BCUT2D eigenvalue weighted by Crippen LogP contribution is -2.55. The van der Waals surface area contributed by atoms with Gasteiger partial charge in [0, 0.05) is 6.61 Å². The van der Waals surface area contributed by atoms with E-state index in [0.717, 1.165) is 12.8 Å². The number of aliphatic hydroxyl groups is 3. The third-order valence-corrected chi connectivity index (χ3v) is 5.00. The molecule has 0 aliphatic carbocycles. The lowest BCUT2D eigenvalue weighted by molar-refractivity contribution is -0.208. The summed E-state index contributed by atoms with van der Waals surface area (Å²) in [4.78, 5) is 0. The van der Waals surface area contributed by atoms with E-state index in [1.165, 1.54) is 57.8 Å². The number of hydrogen-bond donors (Lipinski definition) is 3. The summed E-state index contributed by atoms with van der Waals surface area (Å²) in [5, 5.41) is 28.8. The maximum absolute atomic E-state index is 9.97. The van der Waals surface area contributed by atoms with Crippen molar-refractivity contribution in [1.82, 2.24) is 0 Å². The molecule has 4 atom stereocenters. The summed E-state index contributed by atoms with van der Waals surface area (Å²) >= 11 is 0. The lowest BCUT2D eigenvalue weighted by atomic mass is 10.0. The van der Waals surface area contributed by atoms with Gasteiger partial charge in [-0.2, -0.15) is 0 Å². The predicted molar refractivity (Wildman–Crippen MR) is 104 cm³/mol. The van der Waals surface area contributed by atoms with Crippen molar-refractivity contribution < 1.29 is 24.8 Å². The Bertz CT molecular complexity index is 347. The van der Waals surface area contributed by atoms with E-state index in [2.05, 4.69) is 19.1 Å². The van der Waals surface area contributed by atoms with Crippen molar-refractivity contribution >= 4 is 0 Å². The van der Waals surface area contributed by atoms with Gasteiger partial charge in [0.1, 0.15) is 24.4 Å². The minimum Gasteiger partial charge on any atom is -0.394 e. The Morgan fingerprint density at radius 2 is 1.50 bits per heavy atom. The van der Waals surface area contributed by atoms with E-state index in [0.29, 0.717) is 6.61 Å². The van der Waals surface area contributed by atoms with Crippen LogP contribution in [-0.4, -0.2) is 59.6 Å². The fourth-order valence-corrected chi connectivity index (χ4v) is 3.22. The quantitative estimate of drug-likeness (QED) is 0.303. The molecule has 1 heterocycles. The largest absolute Gasteiger partial charge is 0.394 e. The monoisotopic (exact) mass is 372 g/mol. The molecule has 0 aromatic heterocycles. The standard InChI is InChI=1S/C21H40O5/c1-2-3-4-5-6-7-8-9-10-11-12-13-14-15-25-19-17-26-18(16-22)20(23)21(19)24/h6-7,18-24H,2-5,8-17H2,1H3/b7-6+/t18-,19+,20-,21-/m1/s1. The molecule has 1 aliphatic rings. The first-order chi connectivity index (χ1) is 12.7. The molecule has 0 aromatic rings. The average Bonchev–Trinajstić information content (AvgIpc) is 2.65. The molecule has 26 heavy (non-hydrogen) atoms. The van der Waals surface area contributed by atoms with Gasteiger partial charge in [-0.3, -0.25) is 0 Å². The molecule has 1 aliphatic heterocycles. The highest BCUT2D eigenvalue weighted by Gasteiger charge is 2.38. The highest BCUT2D eigenvalue weighted by atomic mass is 16.6. The van der Waals surface area contributed by atoms with Crippen LogP contribution in [0.4, 0.5) is 0 Å². The molecular weight excluding hydrogens is 332 g/mol. The highest BCUT2D eigenvalue weighted by Crippen LogP contribution is 2.18. The second-order valence-electron chi connectivity index (χ2n) is 7.32. The molecule has 1 rings (SSSR count). The summed E-state index contributed by atoms with van der Waals surface area (Å²) in [6.07, 6.45) is 14.9. The molecule has 0 spiro atoms. The van der Waals surface area contributed by atoms with Crippen LogP contribution in [0.5, 0.6) is 0 Å². The van der Waals surface area contributed by atoms with Crippen molar-refractivity contribution in [2.45, 2.75) is 102 Å². The second kappa shape index (κ2) is 15.6. The van der Waals surface area contributed by atoms with Crippen molar-refractivity contribution in [2.75, 3.05) is 19.8 Å². The van der Waals surface area contributed by atoms with Crippen molar-refractivity contribution in [3.63, 3.8) is 0 Å². The Labute approximate surface area is 159 Å². The molecule has 5 nitrogen and oxygen atoms in total. The van der Waals surface area contributed by atoms with E-state index in [-0.39, 0.29) is 13.2 Å². The Kier molecular flexibility index (Phi) is 14.1. The van der Waals surface area contributed by atoms with Crippen LogP contribution in [0.3, 0.4) is 0 Å². The van der Waals surface area contributed by atoms with Gasteiger partial charge in [-0.1, -0.05) is 57.6 Å². The van der Waals surface area contributed by atoms with Gasteiger partial charge < -0.3 is 24.8 Å². The molecule has 1 saturated heterocycles. The number of rotatable bonds is 15. The molecular formula is C21H40O5. The Morgan fingerprint density at radius 1 is 0.885 bits per heavy atom. The Balaban J connectivity index is 1.89. The first-order valence-electron chi connectivity index (χ1n) is 10.6. The average molecular weight is 373 g/mol. The lowest BCUT2D eigenvalue weighted by Gasteiger charge is -2.36. The van der Waals surface area contributed by atoms with Crippen molar-refractivity contribution in [3.05, 3.63) is 12.2 Å². The summed E-state index contributed by atoms with van der Waals surface area (Å²) in [5.41, 5.74) is 0. The zero-order valence-electron chi connectivity index (χ0n) is 16.5. The van der Waals surface area contributed by atoms with Crippen LogP contribution < -0.4 is 0 Å². The van der Waals surface area contributed by atoms with Crippen LogP contribution in [0.15, 0.2) is 12.2 Å². The maximum Gasteiger partial charge on any atom is 0.111 e. The van der Waals surface area contributed by atoms with Gasteiger partial charge in [0.2, 0.25) is 0 Å². The minimum atomic E-state index is -1.08. The normalized spacial score (nSPS) is 26.6. The van der Waals surface area contributed by atoms with Crippen LogP contribution in [0.2, 0.25) is 0 Å². The Morgan fingerprint density at radius 3 is 2.15 bits per heavy atom. The Hall–Kier alpha value is -0.460. The van der Waals surface area contributed by atoms with Crippen LogP contribution in [0.1, 0.15) is 77.6 Å². The van der Waals surface area contributed by atoms with E-state index >= 15 is 0 Å². The molecule has 3 N–H and O–H groups in total. The fraction of sp³-hybridized carbons (Fsp3) is 0.905. The zero-order valence-corrected chi connectivity index (χ0v) is 16.5. The van der Waals surface area contributed by atoms with Crippen molar-refractivity contribution in [1.29, 1.82) is 0 Å². The molecule has 5 heteroatoms. The molecule has 1 fully saturated rings. The maximum atomic E-state index is 9.97. The van der Waals surface area contributed by atoms with Crippen molar-refractivity contribution in [2.24, 2.45) is 0 Å². The topological polar surface area (TPSA) is 79.2 Å². The summed E-state index contributed by atoms with van der Waals surface area (Å²) < 4.78 is 10.9. The number of unbranched alkanes of at least 4 members (excludes halogenated alkanes) is 9. The molecule has 154 valence electrons. The molecule has 0 radical (unpaired) electrons. The fourth-order valence-electron chi connectivity index (χ4n) is 3.22. The third kappa shape index (κ3) is 10.0. The second-order valence-corrected chi connectivity index (χ2v) is 7.32.